The molecule has 0 bridgehead atoms. The second-order valence-corrected chi connectivity index (χ2v) is 7.14. The topological polar surface area (TPSA) is 34.1 Å². The van der Waals surface area contributed by atoms with Crippen molar-refractivity contribution < 1.29 is 13.9 Å². The zero-order valence-corrected chi connectivity index (χ0v) is 16.1. The van der Waals surface area contributed by atoms with E-state index >= 15 is 0 Å². The summed E-state index contributed by atoms with van der Waals surface area (Å²) in [6, 6.07) is 22.6. The van der Waals surface area contributed by atoms with Gasteiger partial charge in [0.15, 0.2) is 0 Å². The van der Waals surface area contributed by atoms with E-state index in [9.17, 15) is 4.39 Å². The van der Waals surface area contributed by atoms with Gasteiger partial charge in [0.2, 0.25) is 6.23 Å². The maximum absolute atomic E-state index is 14.6. The molecular weight excluding hydrogens is 367 g/mol. The van der Waals surface area contributed by atoms with Gasteiger partial charge in [0, 0.05) is 12.0 Å². The number of hydrogen-bond donors (Lipinski definition) is 0. The highest BCUT2D eigenvalue weighted by atomic mass is 19.1. The molecule has 29 heavy (non-hydrogen) atoms. The van der Waals surface area contributed by atoms with Crippen molar-refractivity contribution in [3.63, 3.8) is 0 Å². The molecule has 5 rings (SSSR count). The standard InChI is InChI=1S/C24H21FN2O2/c1-2-28-17-12-13-23-19(14-17)22-15-21(16-8-4-3-5-9-16)26-27(22)24(29-23)18-10-6-7-11-20(18)25/h3-14,22,24H,2,15H2,1H3. The van der Waals surface area contributed by atoms with E-state index in [1.54, 1.807) is 12.1 Å². The average Bonchev–Trinajstić information content (AvgIpc) is 3.21. The number of halogens is 1. The Balaban J connectivity index is 1.61. The minimum atomic E-state index is -0.618. The van der Waals surface area contributed by atoms with Crippen molar-refractivity contribution in [2.24, 2.45) is 5.10 Å². The van der Waals surface area contributed by atoms with E-state index in [0.717, 1.165) is 34.8 Å². The maximum atomic E-state index is 14.6. The third-order valence-electron chi connectivity index (χ3n) is 5.35. The Morgan fingerprint density at radius 2 is 1.83 bits per heavy atom. The number of rotatable bonds is 4. The molecule has 2 heterocycles. The van der Waals surface area contributed by atoms with Crippen LogP contribution in [-0.4, -0.2) is 17.3 Å². The van der Waals surface area contributed by atoms with Gasteiger partial charge in [-0.05, 0) is 36.8 Å². The number of fused-ring (bicyclic) bond motifs is 3. The van der Waals surface area contributed by atoms with Crippen LogP contribution >= 0.6 is 0 Å². The van der Waals surface area contributed by atoms with E-state index in [0.29, 0.717) is 12.2 Å². The van der Waals surface area contributed by atoms with Crippen molar-refractivity contribution >= 4 is 5.71 Å². The molecule has 2 aliphatic rings. The molecule has 3 aromatic rings. The van der Waals surface area contributed by atoms with Crippen LogP contribution in [0.5, 0.6) is 11.5 Å². The van der Waals surface area contributed by atoms with Crippen molar-refractivity contribution in [3.8, 4) is 11.5 Å². The first kappa shape index (κ1) is 17.7. The third kappa shape index (κ3) is 3.12. The fourth-order valence-electron chi connectivity index (χ4n) is 4.01. The lowest BCUT2D eigenvalue weighted by Crippen LogP contribution is -2.34. The molecule has 5 heteroatoms. The Hall–Kier alpha value is -3.34. The van der Waals surface area contributed by atoms with Gasteiger partial charge in [-0.3, -0.25) is 0 Å². The van der Waals surface area contributed by atoms with Gasteiger partial charge in [-0.2, -0.15) is 5.10 Å². The van der Waals surface area contributed by atoms with Crippen LogP contribution in [0, 0.1) is 5.82 Å². The Kier molecular flexibility index (Phi) is 4.43. The summed E-state index contributed by atoms with van der Waals surface area (Å²) in [7, 11) is 0. The van der Waals surface area contributed by atoms with Crippen molar-refractivity contribution in [3.05, 3.63) is 95.3 Å². The summed E-state index contributed by atoms with van der Waals surface area (Å²) >= 11 is 0. The molecule has 2 atom stereocenters. The number of hydrazone groups is 1. The number of ether oxygens (including phenoxy) is 2. The van der Waals surface area contributed by atoms with Crippen molar-refractivity contribution in [1.82, 2.24) is 5.01 Å². The summed E-state index contributed by atoms with van der Waals surface area (Å²) in [4.78, 5) is 0. The van der Waals surface area contributed by atoms with E-state index in [1.165, 1.54) is 6.07 Å². The van der Waals surface area contributed by atoms with E-state index in [2.05, 4.69) is 0 Å². The predicted octanol–water partition coefficient (Wildman–Crippen LogP) is 5.47. The number of nitrogens with zero attached hydrogens (tertiary/aromatic N) is 2. The van der Waals surface area contributed by atoms with E-state index in [-0.39, 0.29) is 11.9 Å². The molecule has 0 saturated carbocycles. The predicted molar refractivity (Wildman–Crippen MR) is 110 cm³/mol. The summed E-state index contributed by atoms with van der Waals surface area (Å²) in [6.45, 7) is 2.56. The molecule has 4 nitrogen and oxygen atoms in total. The second kappa shape index (κ2) is 7.24. The summed E-state index contributed by atoms with van der Waals surface area (Å²) in [5, 5.41) is 6.76. The lowest BCUT2D eigenvalue weighted by molar-refractivity contribution is -0.0213. The highest BCUT2D eigenvalue weighted by Crippen LogP contribution is 2.48. The Bertz CT molecular complexity index is 1070. The first-order valence-corrected chi connectivity index (χ1v) is 9.83. The van der Waals surface area contributed by atoms with Gasteiger partial charge in [-0.1, -0.05) is 48.5 Å². The van der Waals surface area contributed by atoms with Crippen LogP contribution in [-0.2, 0) is 0 Å². The Morgan fingerprint density at radius 3 is 2.62 bits per heavy atom. The summed E-state index contributed by atoms with van der Waals surface area (Å²) in [6.07, 6.45) is 0.105. The van der Waals surface area contributed by atoms with Gasteiger partial charge >= 0.3 is 0 Å². The molecule has 0 aromatic heterocycles. The van der Waals surface area contributed by atoms with Gasteiger partial charge in [-0.15, -0.1) is 0 Å². The molecule has 3 aromatic carbocycles. The zero-order chi connectivity index (χ0) is 19.8. The van der Waals surface area contributed by atoms with Crippen molar-refractivity contribution in [2.45, 2.75) is 25.6 Å². The minimum absolute atomic E-state index is 0.0426. The van der Waals surface area contributed by atoms with Crippen LogP contribution in [0.4, 0.5) is 4.39 Å². The number of benzene rings is 3. The van der Waals surface area contributed by atoms with Crippen LogP contribution in [0.3, 0.4) is 0 Å². The number of hydrogen-bond acceptors (Lipinski definition) is 4. The molecular formula is C24H21FN2O2. The van der Waals surface area contributed by atoms with Crippen molar-refractivity contribution in [2.75, 3.05) is 6.61 Å². The fourth-order valence-corrected chi connectivity index (χ4v) is 4.01. The molecule has 0 saturated heterocycles. The molecule has 0 N–H and O–H groups in total. The van der Waals surface area contributed by atoms with Crippen LogP contribution in [0.1, 0.15) is 42.3 Å². The maximum Gasteiger partial charge on any atom is 0.216 e. The smallest absolute Gasteiger partial charge is 0.216 e. The van der Waals surface area contributed by atoms with Gasteiger partial charge in [0.1, 0.15) is 17.3 Å². The van der Waals surface area contributed by atoms with Gasteiger partial charge < -0.3 is 9.47 Å². The SMILES string of the molecule is CCOc1ccc2c(c1)C1CC(c3ccccc3)=NN1C(c1ccccc1F)O2. The molecule has 146 valence electrons. The van der Waals surface area contributed by atoms with E-state index in [1.807, 2.05) is 66.5 Å². The van der Waals surface area contributed by atoms with Crippen LogP contribution in [0.2, 0.25) is 0 Å². The second-order valence-electron chi connectivity index (χ2n) is 7.14. The van der Waals surface area contributed by atoms with Crippen LogP contribution < -0.4 is 9.47 Å². The third-order valence-corrected chi connectivity index (χ3v) is 5.35. The van der Waals surface area contributed by atoms with Crippen LogP contribution in [0.15, 0.2) is 77.9 Å². The Morgan fingerprint density at radius 1 is 1.03 bits per heavy atom. The fraction of sp³-hybridized carbons (Fsp3) is 0.208. The Labute approximate surface area is 169 Å². The summed E-state index contributed by atoms with van der Waals surface area (Å²) in [5.41, 5.74) is 3.53. The largest absolute Gasteiger partial charge is 0.494 e. The van der Waals surface area contributed by atoms with Crippen molar-refractivity contribution in [1.29, 1.82) is 0 Å². The lowest BCUT2D eigenvalue weighted by atomic mass is 9.95. The normalized spacial score (nSPS) is 19.8. The van der Waals surface area contributed by atoms with E-state index < -0.39 is 6.23 Å². The first-order valence-electron chi connectivity index (χ1n) is 9.83. The molecule has 0 aliphatic carbocycles. The zero-order valence-electron chi connectivity index (χ0n) is 16.1. The highest BCUT2D eigenvalue weighted by Gasteiger charge is 2.42. The molecule has 0 spiro atoms. The molecule has 0 amide bonds. The van der Waals surface area contributed by atoms with E-state index in [4.69, 9.17) is 14.6 Å². The molecule has 2 aliphatic heterocycles. The first-order chi connectivity index (χ1) is 14.2. The average molecular weight is 388 g/mol. The van der Waals surface area contributed by atoms with Gasteiger partial charge in [0.25, 0.3) is 0 Å². The molecule has 0 fully saturated rings. The summed E-state index contributed by atoms with van der Waals surface area (Å²) in [5.74, 6) is 1.24. The quantitative estimate of drug-likeness (QED) is 0.595. The lowest BCUT2D eigenvalue weighted by Gasteiger charge is -2.38. The van der Waals surface area contributed by atoms with Gasteiger partial charge in [-0.25, -0.2) is 9.40 Å². The highest BCUT2D eigenvalue weighted by molar-refractivity contribution is 6.01. The van der Waals surface area contributed by atoms with Crippen LogP contribution in [0.25, 0.3) is 0 Å². The molecule has 0 radical (unpaired) electrons. The monoisotopic (exact) mass is 388 g/mol. The summed E-state index contributed by atoms with van der Waals surface area (Å²) < 4.78 is 26.6. The minimum Gasteiger partial charge on any atom is -0.494 e. The van der Waals surface area contributed by atoms with Gasteiger partial charge in [0.05, 0.1) is 23.9 Å². The molecule has 2 unspecified atom stereocenters.